The summed E-state index contributed by atoms with van der Waals surface area (Å²) in [6, 6.07) is 5.53. The normalized spacial score (nSPS) is 9.80. The fourth-order valence-corrected chi connectivity index (χ4v) is 1.10. The number of rotatable bonds is 3. The van der Waals surface area contributed by atoms with E-state index in [-0.39, 0.29) is 11.8 Å². The molecule has 0 unspecified atom stereocenters. The zero-order valence-electron chi connectivity index (χ0n) is 8.53. The Hall–Kier alpha value is -1.62. The van der Waals surface area contributed by atoms with Crippen molar-refractivity contribution in [1.82, 2.24) is 5.32 Å². The van der Waals surface area contributed by atoms with E-state index in [1.807, 2.05) is 0 Å². The highest BCUT2D eigenvalue weighted by Gasteiger charge is 2.09. The summed E-state index contributed by atoms with van der Waals surface area (Å²) in [6.07, 6.45) is 0. The lowest BCUT2D eigenvalue weighted by molar-refractivity contribution is 0.247. The van der Waals surface area contributed by atoms with Crippen LogP contribution in [0.3, 0.4) is 0 Å². The molecule has 0 aliphatic carbocycles. The van der Waals surface area contributed by atoms with Crippen molar-refractivity contribution in [2.45, 2.75) is 0 Å². The largest absolute Gasteiger partial charge is 0.336 e. The lowest BCUT2D eigenvalue weighted by Crippen LogP contribution is -2.39. The summed E-state index contributed by atoms with van der Waals surface area (Å²) in [5.74, 6) is -0.369. The van der Waals surface area contributed by atoms with E-state index in [9.17, 15) is 9.18 Å². The molecule has 0 spiro atoms. The van der Waals surface area contributed by atoms with Gasteiger partial charge in [-0.3, -0.25) is 4.90 Å². The molecule has 0 radical (unpaired) electrons. The Morgan fingerprint density at radius 1 is 1.60 bits per heavy atom. The van der Waals surface area contributed by atoms with Crippen molar-refractivity contribution >= 4 is 11.7 Å². The summed E-state index contributed by atoms with van der Waals surface area (Å²) in [7, 11) is 1.57. The van der Waals surface area contributed by atoms with Crippen molar-refractivity contribution < 1.29 is 9.18 Å². The highest BCUT2D eigenvalue weighted by atomic mass is 19.1. The van der Waals surface area contributed by atoms with Crippen LogP contribution in [0, 0.1) is 5.82 Å². The first-order chi connectivity index (χ1) is 7.15. The van der Waals surface area contributed by atoms with Gasteiger partial charge in [0.2, 0.25) is 0 Å². The smallest absolute Gasteiger partial charge is 0.321 e. The lowest BCUT2D eigenvalue weighted by Gasteiger charge is -2.17. The molecule has 0 atom stereocenters. The van der Waals surface area contributed by atoms with Gasteiger partial charge in [0.1, 0.15) is 5.82 Å². The molecule has 1 aromatic carbocycles. The fourth-order valence-electron chi connectivity index (χ4n) is 1.10. The molecule has 4 nitrogen and oxygen atoms in total. The predicted molar refractivity (Wildman–Crippen MR) is 57.3 cm³/mol. The SMILES string of the molecule is CN(C(=O)NCCN)c1cccc(F)c1. The van der Waals surface area contributed by atoms with Crippen LogP contribution in [0.15, 0.2) is 24.3 Å². The van der Waals surface area contributed by atoms with Crippen molar-refractivity contribution in [3.05, 3.63) is 30.1 Å². The van der Waals surface area contributed by atoms with Crippen LogP contribution in [0.1, 0.15) is 0 Å². The quantitative estimate of drug-likeness (QED) is 0.781. The first-order valence-electron chi connectivity index (χ1n) is 4.62. The van der Waals surface area contributed by atoms with E-state index >= 15 is 0 Å². The zero-order chi connectivity index (χ0) is 11.3. The van der Waals surface area contributed by atoms with Crippen LogP contribution in [0.5, 0.6) is 0 Å². The van der Waals surface area contributed by atoms with Gasteiger partial charge >= 0.3 is 6.03 Å². The fraction of sp³-hybridized carbons (Fsp3) is 0.300. The van der Waals surface area contributed by atoms with Crippen molar-refractivity contribution in [1.29, 1.82) is 0 Å². The van der Waals surface area contributed by atoms with E-state index < -0.39 is 0 Å². The number of hydrogen-bond donors (Lipinski definition) is 2. The highest BCUT2D eigenvalue weighted by molar-refractivity contribution is 5.91. The summed E-state index contributed by atoms with van der Waals surface area (Å²) in [5, 5.41) is 2.59. The maximum Gasteiger partial charge on any atom is 0.321 e. The molecule has 0 aliphatic heterocycles. The standard InChI is InChI=1S/C10H14FN3O/c1-14(10(15)13-6-5-12)9-4-2-3-8(11)7-9/h2-4,7H,5-6,12H2,1H3,(H,13,15). The van der Waals surface area contributed by atoms with Crippen molar-refractivity contribution in [3.63, 3.8) is 0 Å². The average molecular weight is 211 g/mol. The first-order valence-corrected chi connectivity index (χ1v) is 4.62. The predicted octanol–water partition coefficient (Wildman–Crippen LogP) is 0.930. The Kier molecular flexibility index (Phi) is 4.05. The molecule has 5 heteroatoms. The van der Waals surface area contributed by atoms with Crippen molar-refractivity contribution in [3.8, 4) is 0 Å². The Balaban J connectivity index is 2.67. The topological polar surface area (TPSA) is 58.4 Å². The number of nitrogens with two attached hydrogens (primary N) is 1. The third kappa shape index (κ3) is 3.21. The number of amides is 2. The molecule has 82 valence electrons. The number of nitrogens with one attached hydrogen (secondary N) is 1. The number of benzene rings is 1. The molecular formula is C10H14FN3O. The summed E-state index contributed by atoms with van der Waals surface area (Å²) >= 11 is 0. The zero-order valence-corrected chi connectivity index (χ0v) is 8.53. The second-order valence-electron chi connectivity index (χ2n) is 3.06. The van der Waals surface area contributed by atoms with Crippen LogP contribution in [0.4, 0.5) is 14.9 Å². The minimum atomic E-state index is -0.369. The van der Waals surface area contributed by atoms with Gasteiger partial charge in [-0.1, -0.05) is 6.07 Å². The van der Waals surface area contributed by atoms with Gasteiger partial charge < -0.3 is 11.1 Å². The molecule has 0 aliphatic rings. The maximum atomic E-state index is 12.9. The molecule has 1 rings (SSSR count). The van der Waals surface area contributed by atoms with Gasteiger partial charge in [0, 0.05) is 25.8 Å². The lowest BCUT2D eigenvalue weighted by atomic mass is 10.3. The van der Waals surface area contributed by atoms with E-state index in [1.165, 1.54) is 17.0 Å². The molecule has 2 amide bonds. The number of urea groups is 1. The highest BCUT2D eigenvalue weighted by Crippen LogP contribution is 2.13. The van der Waals surface area contributed by atoms with E-state index in [0.29, 0.717) is 18.8 Å². The van der Waals surface area contributed by atoms with Gasteiger partial charge in [0.05, 0.1) is 0 Å². The van der Waals surface area contributed by atoms with Crippen LogP contribution < -0.4 is 16.0 Å². The molecule has 3 N–H and O–H groups in total. The number of halogens is 1. The summed E-state index contributed by atoms with van der Waals surface area (Å²) in [5.41, 5.74) is 5.75. The van der Waals surface area contributed by atoms with Gasteiger partial charge in [-0.05, 0) is 18.2 Å². The average Bonchev–Trinajstić information content (AvgIpc) is 2.24. The van der Waals surface area contributed by atoms with Crippen LogP contribution in [-0.4, -0.2) is 26.2 Å². The second-order valence-corrected chi connectivity index (χ2v) is 3.06. The minimum absolute atomic E-state index is 0.300. The number of hydrogen-bond acceptors (Lipinski definition) is 2. The molecule has 1 aromatic rings. The molecule has 0 heterocycles. The monoisotopic (exact) mass is 211 g/mol. The molecule has 0 saturated carbocycles. The van der Waals surface area contributed by atoms with E-state index in [1.54, 1.807) is 19.2 Å². The third-order valence-electron chi connectivity index (χ3n) is 1.92. The van der Waals surface area contributed by atoms with E-state index in [0.717, 1.165) is 0 Å². The Morgan fingerprint density at radius 3 is 2.93 bits per heavy atom. The minimum Gasteiger partial charge on any atom is -0.336 e. The second kappa shape index (κ2) is 5.31. The molecule has 0 fully saturated rings. The van der Waals surface area contributed by atoms with Crippen LogP contribution in [-0.2, 0) is 0 Å². The Morgan fingerprint density at radius 2 is 2.33 bits per heavy atom. The van der Waals surface area contributed by atoms with Crippen LogP contribution in [0.25, 0.3) is 0 Å². The number of carbonyl (C=O) groups is 1. The molecule has 0 aromatic heterocycles. The number of carbonyl (C=O) groups excluding carboxylic acids is 1. The van der Waals surface area contributed by atoms with Gasteiger partial charge in [-0.15, -0.1) is 0 Å². The van der Waals surface area contributed by atoms with Gasteiger partial charge in [0.25, 0.3) is 0 Å². The first kappa shape index (κ1) is 11.5. The Bertz CT molecular complexity index is 343. The summed E-state index contributed by atoms with van der Waals surface area (Å²) in [6.45, 7) is 0.779. The molecule has 0 saturated heterocycles. The summed E-state index contributed by atoms with van der Waals surface area (Å²) < 4.78 is 12.9. The number of nitrogens with zero attached hydrogens (tertiary/aromatic N) is 1. The van der Waals surface area contributed by atoms with Crippen LogP contribution in [0.2, 0.25) is 0 Å². The Labute approximate surface area is 87.9 Å². The number of anilines is 1. The summed E-state index contributed by atoms with van der Waals surface area (Å²) in [4.78, 5) is 12.8. The van der Waals surface area contributed by atoms with Crippen molar-refractivity contribution in [2.75, 3.05) is 25.0 Å². The third-order valence-corrected chi connectivity index (χ3v) is 1.92. The maximum absolute atomic E-state index is 12.9. The van der Waals surface area contributed by atoms with E-state index in [2.05, 4.69) is 5.32 Å². The molecule has 0 bridgehead atoms. The molecule has 15 heavy (non-hydrogen) atoms. The van der Waals surface area contributed by atoms with Crippen molar-refractivity contribution in [2.24, 2.45) is 5.73 Å². The van der Waals surface area contributed by atoms with Gasteiger partial charge in [-0.2, -0.15) is 0 Å². The van der Waals surface area contributed by atoms with Gasteiger partial charge in [-0.25, -0.2) is 9.18 Å². The van der Waals surface area contributed by atoms with Gasteiger partial charge in [0.15, 0.2) is 0 Å². The molecular weight excluding hydrogens is 197 g/mol. The van der Waals surface area contributed by atoms with Crippen LogP contribution >= 0.6 is 0 Å². The van der Waals surface area contributed by atoms with E-state index in [4.69, 9.17) is 5.73 Å².